The highest BCUT2D eigenvalue weighted by molar-refractivity contribution is 5.12. The quantitative estimate of drug-likeness (QED) is 0.766. The molecule has 1 aromatic heterocycles. The average Bonchev–Trinajstić information content (AvgIpc) is 2.58. The van der Waals surface area contributed by atoms with Crippen molar-refractivity contribution in [1.29, 1.82) is 0 Å². The van der Waals surface area contributed by atoms with E-state index < -0.39 is 11.5 Å². The van der Waals surface area contributed by atoms with Gasteiger partial charge < -0.3 is 5.73 Å². The second-order valence-electron chi connectivity index (χ2n) is 4.25. The summed E-state index contributed by atoms with van der Waals surface area (Å²) in [5, 5.41) is 7.50. The van der Waals surface area contributed by atoms with E-state index in [-0.39, 0.29) is 25.7 Å². The number of hydrogen-bond acceptors (Lipinski definition) is 3. The first-order valence-electron chi connectivity index (χ1n) is 4.95. The second-order valence-corrected chi connectivity index (χ2v) is 4.25. The standard InChI is InChI=1S/C9H14F2N4/c1-15-7(6-13-14-15)8(12)2-4-9(10,11)5-3-8/h6H,2-5,12H2,1H3. The largest absolute Gasteiger partial charge is 0.320 e. The number of nitrogens with two attached hydrogens (primary N) is 1. The van der Waals surface area contributed by atoms with E-state index in [1.54, 1.807) is 17.9 Å². The van der Waals surface area contributed by atoms with Crippen LogP contribution in [0, 0.1) is 0 Å². The molecule has 84 valence electrons. The molecule has 0 saturated heterocycles. The van der Waals surface area contributed by atoms with Gasteiger partial charge in [0.1, 0.15) is 0 Å². The number of rotatable bonds is 1. The van der Waals surface area contributed by atoms with Crippen molar-refractivity contribution in [2.24, 2.45) is 12.8 Å². The predicted molar refractivity (Wildman–Crippen MR) is 50.3 cm³/mol. The summed E-state index contributed by atoms with van der Waals surface area (Å²) in [5.41, 5.74) is 6.15. The highest BCUT2D eigenvalue weighted by Gasteiger charge is 2.43. The Morgan fingerprint density at radius 1 is 1.33 bits per heavy atom. The van der Waals surface area contributed by atoms with Gasteiger partial charge >= 0.3 is 0 Å². The van der Waals surface area contributed by atoms with Crippen molar-refractivity contribution < 1.29 is 8.78 Å². The SMILES string of the molecule is Cn1nncc1C1(N)CCC(F)(F)CC1. The van der Waals surface area contributed by atoms with Gasteiger partial charge in [0.15, 0.2) is 0 Å². The van der Waals surface area contributed by atoms with Gasteiger partial charge in [0.25, 0.3) is 0 Å². The number of alkyl halides is 2. The zero-order valence-electron chi connectivity index (χ0n) is 8.58. The van der Waals surface area contributed by atoms with Crippen LogP contribution in [0.2, 0.25) is 0 Å². The first kappa shape index (κ1) is 10.5. The number of nitrogens with zero attached hydrogens (tertiary/aromatic N) is 3. The van der Waals surface area contributed by atoms with Crippen molar-refractivity contribution in [3.8, 4) is 0 Å². The fourth-order valence-corrected chi connectivity index (χ4v) is 2.06. The molecule has 1 fully saturated rings. The highest BCUT2D eigenvalue weighted by atomic mass is 19.3. The van der Waals surface area contributed by atoms with Gasteiger partial charge in [-0.2, -0.15) is 0 Å². The summed E-state index contributed by atoms with van der Waals surface area (Å²) in [5.74, 6) is -2.56. The molecule has 6 heteroatoms. The maximum absolute atomic E-state index is 13.0. The molecule has 0 spiro atoms. The van der Waals surface area contributed by atoms with Gasteiger partial charge in [-0.1, -0.05) is 5.21 Å². The Labute approximate surface area is 86.4 Å². The minimum atomic E-state index is -2.56. The lowest BCUT2D eigenvalue weighted by Gasteiger charge is -2.36. The molecule has 0 amide bonds. The van der Waals surface area contributed by atoms with Gasteiger partial charge in [0.2, 0.25) is 5.92 Å². The highest BCUT2D eigenvalue weighted by Crippen LogP contribution is 2.41. The lowest BCUT2D eigenvalue weighted by atomic mass is 9.78. The Morgan fingerprint density at radius 3 is 2.40 bits per heavy atom. The number of aromatic nitrogens is 3. The van der Waals surface area contributed by atoms with E-state index in [2.05, 4.69) is 10.3 Å². The number of aryl methyl sites for hydroxylation is 1. The van der Waals surface area contributed by atoms with Crippen LogP contribution in [0.15, 0.2) is 6.20 Å². The summed E-state index contributed by atoms with van der Waals surface area (Å²) in [6.07, 6.45) is 1.80. The molecule has 0 unspecified atom stereocenters. The van der Waals surface area contributed by atoms with E-state index in [1.165, 1.54) is 0 Å². The molecule has 4 nitrogen and oxygen atoms in total. The smallest absolute Gasteiger partial charge is 0.248 e. The molecule has 0 radical (unpaired) electrons. The molecule has 0 aromatic carbocycles. The summed E-state index contributed by atoms with van der Waals surface area (Å²) < 4.78 is 27.6. The summed E-state index contributed by atoms with van der Waals surface area (Å²) in [6.45, 7) is 0. The minimum absolute atomic E-state index is 0.158. The molecular weight excluding hydrogens is 202 g/mol. The van der Waals surface area contributed by atoms with Crippen LogP contribution >= 0.6 is 0 Å². The van der Waals surface area contributed by atoms with Crippen LogP contribution in [-0.4, -0.2) is 20.9 Å². The van der Waals surface area contributed by atoms with Gasteiger partial charge in [-0.25, -0.2) is 8.78 Å². The average molecular weight is 216 g/mol. The van der Waals surface area contributed by atoms with Crippen molar-refractivity contribution in [3.05, 3.63) is 11.9 Å². The molecule has 2 N–H and O–H groups in total. The fraction of sp³-hybridized carbons (Fsp3) is 0.778. The third-order valence-corrected chi connectivity index (χ3v) is 3.10. The van der Waals surface area contributed by atoms with Gasteiger partial charge in [-0.15, -0.1) is 5.10 Å². The van der Waals surface area contributed by atoms with E-state index in [4.69, 9.17) is 5.73 Å². The van der Waals surface area contributed by atoms with E-state index in [0.717, 1.165) is 5.69 Å². The summed E-state index contributed by atoms with van der Waals surface area (Å²) in [4.78, 5) is 0. The van der Waals surface area contributed by atoms with E-state index in [9.17, 15) is 8.78 Å². The number of halogens is 2. The van der Waals surface area contributed by atoms with E-state index in [0.29, 0.717) is 0 Å². The Bertz CT molecular complexity index is 351. The zero-order chi connectivity index (χ0) is 11.1. The van der Waals surface area contributed by atoms with Gasteiger partial charge in [0, 0.05) is 19.9 Å². The lowest BCUT2D eigenvalue weighted by Crippen LogP contribution is -2.44. The molecule has 0 aliphatic heterocycles. The monoisotopic (exact) mass is 216 g/mol. The van der Waals surface area contributed by atoms with Crippen molar-refractivity contribution in [3.63, 3.8) is 0 Å². The van der Waals surface area contributed by atoms with Gasteiger partial charge in [-0.05, 0) is 12.8 Å². The lowest BCUT2D eigenvalue weighted by molar-refractivity contribution is -0.0523. The van der Waals surface area contributed by atoms with Crippen molar-refractivity contribution in [1.82, 2.24) is 15.0 Å². The molecule has 0 bridgehead atoms. The van der Waals surface area contributed by atoms with Crippen LogP contribution in [0.25, 0.3) is 0 Å². The third kappa shape index (κ3) is 1.86. The van der Waals surface area contributed by atoms with Crippen LogP contribution in [0.3, 0.4) is 0 Å². The van der Waals surface area contributed by atoms with Crippen LogP contribution in [0.4, 0.5) is 8.78 Å². The van der Waals surface area contributed by atoms with E-state index >= 15 is 0 Å². The molecule has 2 rings (SSSR count). The Balaban J connectivity index is 2.20. The fourth-order valence-electron chi connectivity index (χ4n) is 2.06. The predicted octanol–water partition coefficient (Wildman–Crippen LogP) is 1.18. The van der Waals surface area contributed by atoms with Crippen LogP contribution in [-0.2, 0) is 12.6 Å². The first-order valence-corrected chi connectivity index (χ1v) is 4.95. The van der Waals surface area contributed by atoms with Gasteiger partial charge in [-0.3, -0.25) is 4.68 Å². The summed E-state index contributed by atoms with van der Waals surface area (Å²) in [6, 6.07) is 0. The van der Waals surface area contributed by atoms with Gasteiger partial charge in [0.05, 0.1) is 17.4 Å². The molecule has 1 aliphatic carbocycles. The molecule has 1 heterocycles. The normalized spacial score (nSPS) is 24.0. The summed E-state index contributed by atoms with van der Waals surface area (Å²) >= 11 is 0. The topological polar surface area (TPSA) is 56.7 Å². The molecular formula is C9H14F2N4. The molecule has 1 aliphatic rings. The number of hydrogen-bond donors (Lipinski definition) is 1. The summed E-state index contributed by atoms with van der Waals surface area (Å²) in [7, 11) is 1.73. The maximum Gasteiger partial charge on any atom is 0.248 e. The minimum Gasteiger partial charge on any atom is -0.320 e. The van der Waals surface area contributed by atoms with Crippen molar-refractivity contribution >= 4 is 0 Å². The molecule has 0 atom stereocenters. The molecule has 1 saturated carbocycles. The van der Waals surface area contributed by atoms with E-state index in [1.807, 2.05) is 0 Å². The van der Waals surface area contributed by atoms with Crippen LogP contribution in [0.5, 0.6) is 0 Å². The molecule has 15 heavy (non-hydrogen) atoms. The van der Waals surface area contributed by atoms with Crippen molar-refractivity contribution in [2.75, 3.05) is 0 Å². The Kier molecular flexibility index (Phi) is 2.26. The molecule has 1 aromatic rings. The Hall–Kier alpha value is -1.04. The van der Waals surface area contributed by atoms with Crippen molar-refractivity contribution in [2.45, 2.75) is 37.1 Å². The third-order valence-electron chi connectivity index (χ3n) is 3.10. The van der Waals surface area contributed by atoms with Crippen LogP contribution < -0.4 is 5.73 Å². The second kappa shape index (κ2) is 3.23. The Morgan fingerprint density at radius 2 is 1.93 bits per heavy atom. The van der Waals surface area contributed by atoms with Crippen LogP contribution in [0.1, 0.15) is 31.4 Å². The first-order chi connectivity index (χ1) is 6.93. The maximum atomic E-state index is 13.0. The zero-order valence-corrected chi connectivity index (χ0v) is 8.58.